The van der Waals surface area contributed by atoms with Crippen LogP contribution in [0.3, 0.4) is 0 Å². The molecule has 2 aromatic rings. The molecule has 0 aromatic heterocycles. The normalized spacial score (nSPS) is 10.7. The van der Waals surface area contributed by atoms with E-state index in [9.17, 15) is 4.79 Å². The minimum Gasteiger partial charge on any atom is -0.493 e. The maximum absolute atomic E-state index is 12.1. The minimum absolute atomic E-state index is 0.0398. The second-order valence-electron chi connectivity index (χ2n) is 6.13. The number of amides is 1. The lowest BCUT2D eigenvalue weighted by atomic mass is 10.1. The van der Waals surface area contributed by atoms with Gasteiger partial charge in [0.25, 0.3) is 0 Å². The highest BCUT2D eigenvalue weighted by Gasteiger charge is 2.07. The Morgan fingerprint density at radius 1 is 1.08 bits per heavy atom. The molecule has 0 saturated carbocycles. The van der Waals surface area contributed by atoms with Crippen molar-refractivity contribution in [3.8, 4) is 11.5 Å². The number of methoxy groups -OCH3 is 1. The van der Waals surface area contributed by atoms with Crippen LogP contribution < -0.4 is 14.8 Å². The Balaban J connectivity index is 1.83. The van der Waals surface area contributed by atoms with E-state index in [0.717, 1.165) is 11.1 Å². The van der Waals surface area contributed by atoms with Gasteiger partial charge in [0, 0.05) is 13.0 Å². The highest BCUT2D eigenvalue weighted by atomic mass is 16.5. The van der Waals surface area contributed by atoms with Crippen LogP contribution in [0.1, 0.15) is 30.0 Å². The summed E-state index contributed by atoms with van der Waals surface area (Å²) in [4.78, 5) is 12.1. The van der Waals surface area contributed by atoms with E-state index in [-0.39, 0.29) is 5.91 Å². The van der Waals surface area contributed by atoms with E-state index in [1.807, 2.05) is 68.5 Å². The van der Waals surface area contributed by atoms with Crippen molar-refractivity contribution in [3.05, 3.63) is 71.3 Å². The molecule has 0 heterocycles. The Bertz CT molecular complexity index is 736. The van der Waals surface area contributed by atoms with Gasteiger partial charge in [-0.05, 0) is 43.5 Å². The minimum atomic E-state index is 0.0398. The SMILES string of the molecule is CC=CCOc1ccc(CCC(=O)NCc2ccc(C)cc2)cc1OC. The smallest absolute Gasteiger partial charge is 0.220 e. The second kappa shape index (κ2) is 10.3. The predicted octanol–water partition coefficient (Wildman–Crippen LogP) is 4.21. The molecule has 1 N–H and O–H groups in total. The number of nitrogens with one attached hydrogen (secondary N) is 1. The molecule has 0 saturated heterocycles. The van der Waals surface area contributed by atoms with E-state index < -0.39 is 0 Å². The van der Waals surface area contributed by atoms with Gasteiger partial charge in [0.05, 0.1) is 7.11 Å². The number of carbonyl (C=O) groups is 1. The lowest BCUT2D eigenvalue weighted by Crippen LogP contribution is -2.22. The van der Waals surface area contributed by atoms with E-state index in [1.54, 1.807) is 7.11 Å². The van der Waals surface area contributed by atoms with Gasteiger partial charge in [-0.25, -0.2) is 0 Å². The van der Waals surface area contributed by atoms with Gasteiger partial charge in [-0.15, -0.1) is 0 Å². The summed E-state index contributed by atoms with van der Waals surface area (Å²) in [5, 5.41) is 2.96. The summed E-state index contributed by atoms with van der Waals surface area (Å²) in [6.07, 6.45) is 4.97. The summed E-state index contributed by atoms with van der Waals surface area (Å²) in [6, 6.07) is 14.0. The monoisotopic (exact) mass is 353 g/mol. The number of hydrogen-bond acceptors (Lipinski definition) is 3. The molecule has 2 rings (SSSR count). The highest BCUT2D eigenvalue weighted by molar-refractivity contribution is 5.76. The van der Waals surface area contributed by atoms with Gasteiger partial charge in [-0.2, -0.15) is 0 Å². The quantitative estimate of drug-likeness (QED) is 0.687. The molecule has 0 unspecified atom stereocenters. The maximum atomic E-state index is 12.1. The fraction of sp³-hybridized carbons (Fsp3) is 0.318. The maximum Gasteiger partial charge on any atom is 0.220 e. The van der Waals surface area contributed by atoms with Crippen LogP contribution in [0.2, 0.25) is 0 Å². The Morgan fingerprint density at radius 3 is 2.50 bits per heavy atom. The predicted molar refractivity (Wildman–Crippen MR) is 105 cm³/mol. The molecule has 0 atom stereocenters. The molecule has 0 radical (unpaired) electrons. The fourth-order valence-electron chi connectivity index (χ4n) is 2.47. The van der Waals surface area contributed by atoms with E-state index in [4.69, 9.17) is 9.47 Å². The molecule has 1 amide bonds. The summed E-state index contributed by atoms with van der Waals surface area (Å²) in [5.74, 6) is 1.43. The van der Waals surface area contributed by atoms with Crippen molar-refractivity contribution < 1.29 is 14.3 Å². The van der Waals surface area contributed by atoms with Gasteiger partial charge in [-0.1, -0.05) is 48.0 Å². The molecule has 0 aliphatic rings. The zero-order chi connectivity index (χ0) is 18.8. The molecular weight excluding hydrogens is 326 g/mol. The third-order valence-electron chi connectivity index (χ3n) is 4.05. The van der Waals surface area contributed by atoms with Crippen molar-refractivity contribution in [2.24, 2.45) is 0 Å². The van der Waals surface area contributed by atoms with Crippen LogP contribution in [0.4, 0.5) is 0 Å². The molecule has 0 spiro atoms. The summed E-state index contributed by atoms with van der Waals surface area (Å²) in [5.41, 5.74) is 3.37. The summed E-state index contributed by atoms with van der Waals surface area (Å²) >= 11 is 0. The van der Waals surface area contributed by atoms with Crippen molar-refractivity contribution in [1.82, 2.24) is 5.32 Å². The Morgan fingerprint density at radius 2 is 1.81 bits per heavy atom. The third kappa shape index (κ3) is 6.28. The van der Waals surface area contributed by atoms with Crippen LogP contribution in [0.25, 0.3) is 0 Å². The number of benzene rings is 2. The van der Waals surface area contributed by atoms with Gasteiger partial charge in [-0.3, -0.25) is 4.79 Å². The van der Waals surface area contributed by atoms with Gasteiger partial charge in [0.2, 0.25) is 5.91 Å². The largest absolute Gasteiger partial charge is 0.493 e. The van der Waals surface area contributed by atoms with E-state index in [1.165, 1.54) is 5.56 Å². The third-order valence-corrected chi connectivity index (χ3v) is 4.05. The van der Waals surface area contributed by atoms with Gasteiger partial charge >= 0.3 is 0 Å². The number of rotatable bonds is 9. The first-order chi connectivity index (χ1) is 12.6. The molecule has 2 aromatic carbocycles. The zero-order valence-corrected chi connectivity index (χ0v) is 15.7. The Hall–Kier alpha value is -2.75. The average Bonchev–Trinajstić information content (AvgIpc) is 2.66. The first kappa shape index (κ1) is 19.6. The molecule has 4 heteroatoms. The summed E-state index contributed by atoms with van der Waals surface area (Å²) in [6.45, 7) is 5.06. The molecular formula is C22H27NO3. The summed E-state index contributed by atoms with van der Waals surface area (Å²) in [7, 11) is 1.62. The number of carbonyl (C=O) groups excluding carboxylic acids is 1. The second-order valence-corrected chi connectivity index (χ2v) is 6.13. The Kier molecular flexibility index (Phi) is 7.75. The van der Waals surface area contributed by atoms with Crippen LogP contribution in [0.5, 0.6) is 11.5 Å². The molecule has 0 aliphatic carbocycles. The standard InChI is InChI=1S/C22H27NO3/c1-4-5-14-26-20-12-10-18(15-21(20)25-3)11-13-22(24)23-16-19-8-6-17(2)7-9-19/h4-10,12,15H,11,13-14,16H2,1-3H3,(H,23,24). The fourth-order valence-corrected chi connectivity index (χ4v) is 2.47. The van der Waals surface area contributed by atoms with Crippen molar-refractivity contribution in [2.75, 3.05) is 13.7 Å². The van der Waals surface area contributed by atoms with E-state index >= 15 is 0 Å². The first-order valence-electron chi connectivity index (χ1n) is 8.85. The van der Waals surface area contributed by atoms with Crippen molar-refractivity contribution in [2.45, 2.75) is 33.2 Å². The average molecular weight is 353 g/mol. The molecule has 0 bridgehead atoms. The number of hydrogen-bond donors (Lipinski definition) is 1. The Labute approximate surface area is 155 Å². The molecule has 26 heavy (non-hydrogen) atoms. The van der Waals surface area contributed by atoms with Crippen LogP contribution in [-0.4, -0.2) is 19.6 Å². The van der Waals surface area contributed by atoms with E-state index in [2.05, 4.69) is 5.32 Å². The van der Waals surface area contributed by atoms with Crippen LogP contribution in [-0.2, 0) is 17.8 Å². The van der Waals surface area contributed by atoms with Crippen LogP contribution >= 0.6 is 0 Å². The van der Waals surface area contributed by atoms with Crippen molar-refractivity contribution in [1.29, 1.82) is 0 Å². The molecule has 138 valence electrons. The first-order valence-corrected chi connectivity index (χ1v) is 8.85. The van der Waals surface area contributed by atoms with Gasteiger partial charge in [0.1, 0.15) is 6.61 Å². The van der Waals surface area contributed by atoms with Gasteiger partial charge < -0.3 is 14.8 Å². The van der Waals surface area contributed by atoms with Crippen molar-refractivity contribution >= 4 is 5.91 Å². The topological polar surface area (TPSA) is 47.6 Å². The summed E-state index contributed by atoms with van der Waals surface area (Å²) < 4.78 is 11.0. The lowest BCUT2D eigenvalue weighted by molar-refractivity contribution is -0.121. The molecule has 4 nitrogen and oxygen atoms in total. The van der Waals surface area contributed by atoms with Crippen LogP contribution in [0, 0.1) is 6.92 Å². The number of aryl methyl sites for hydroxylation is 2. The van der Waals surface area contributed by atoms with E-state index in [0.29, 0.717) is 37.5 Å². The lowest BCUT2D eigenvalue weighted by Gasteiger charge is -2.11. The van der Waals surface area contributed by atoms with Gasteiger partial charge in [0.15, 0.2) is 11.5 Å². The molecule has 0 fully saturated rings. The van der Waals surface area contributed by atoms with Crippen molar-refractivity contribution in [3.63, 3.8) is 0 Å². The number of allylic oxidation sites excluding steroid dienone is 1. The highest BCUT2D eigenvalue weighted by Crippen LogP contribution is 2.28. The molecule has 0 aliphatic heterocycles. The van der Waals surface area contributed by atoms with Crippen LogP contribution in [0.15, 0.2) is 54.6 Å². The number of ether oxygens (including phenoxy) is 2. The zero-order valence-electron chi connectivity index (χ0n) is 15.7.